The van der Waals surface area contributed by atoms with Crippen LogP contribution in [-0.2, 0) is 14.8 Å². The molecule has 2 aromatic carbocycles. The summed E-state index contributed by atoms with van der Waals surface area (Å²) >= 11 is 0. The normalized spacial score (nSPS) is 19.1. The van der Waals surface area contributed by atoms with Gasteiger partial charge in [0, 0.05) is 22.9 Å². The first-order valence-corrected chi connectivity index (χ1v) is 10.7. The number of benzene rings is 2. The van der Waals surface area contributed by atoms with E-state index < -0.39 is 22.0 Å². The van der Waals surface area contributed by atoms with Gasteiger partial charge < -0.3 is 10.6 Å². The highest BCUT2D eigenvalue weighted by Gasteiger charge is 2.31. The molecule has 4 rings (SSSR count). The van der Waals surface area contributed by atoms with Gasteiger partial charge in [-0.25, -0.2) is 8.42 Å². The van der Waals surface area contributed by atoms with Crippen molar-refractivity contribution < 1.29 is 18.0 Å². The molecule has 1 fully saturated rings. The van der Waals surface area contributed by atoms with Crippen molar-refractivity contribution in [2.75, 3.05) is 5.32 Å². The van der Waals surface area contributed by atoms with Crippen LogP contribution in [0.25, 0.3) is 0 Å². The third kappa shape index (κ3) is 4.14. The maximum absolute atomic E-state index is 12.5. The number of hydrogen-bond acceptors (Lipinski definition) is 5. The Morgan fingerprint density at radius 2 is 1.90 bits per heavy atom. The van der Waals surface area contributed by atoms with Gasteiger partial charge in [-0.05, 0) is 50.1 Å². The van der Waals surface area contributed by atoms with E-state index in [9.17, 15) is 18.0 Å². The standard InChI is InChI=1S/C20H20N4O4S/c1-12(21-18-16-7-2-3-8-17(16)29(27,28)24-18)19(25)23-15-6-4-5-13(11-15)20(26)22-14-9-10-14/h2-8,11-12,14H,9-10H2,1H3,(H,21,24)(H,22,26)(H,23,25)/t12-/m1/s1. The van der Waals surface area contributed by atoms with E-state index in [1.165, 1.54) is 6.07 Å². The second-order valence-corrected chi connectivity index (χ2v) is 8.72. The number of hydrogen-bond donors (Lipinski definition) is 3. The van der Waals surface area contributed by atoms with Crippen LogP contribution in [0.1, 0.15) is 35.7 Å². The van der Waals surface area contributed by atoms with Crippen LogP contribution in [0.5, 0.6) is 0 Å². The molecule has 8 nitrogen and oxygen atoms in total. The van der Waals surface area contributed by atoms with Gasteiger partial charge in [0.15, 0.2) is 0 Å². The molecule has 0 unspecified atom stereocenters. The average molecular weight is 412 g/mol. The van der Waals surface area contributed by atoms with Crippen molar-refractivity contribution in [1.29, 1.82) is 0 Å². The molecule has 0 radical (unpaired) electrons. The van der Waals surface area contributed by atoms with Crippen molar-refractivity contribution in [3.8, 4) is 0 Å². The van der Waals surface area contributed by atoms with Crippen molar-refractivity contribution in [1.82, 2.24) is 10.0 Å². The summed E-state index contributed by atoms with van der Waals surface area (Å²) in [6, 6.07) is 12.5. The van der Waals surface area contributed by atoms with E-state index in [2.05, 4.69) is 20.3 Å². The topological polar surface area (TPSA) is 117 Å². The molecule has 2 amide bonds. The quantitative estimate of drug-likeness (QED) is 0.692. The SMILES string of the molecule is C[C@@H](N=C1NS(=O)(=O)c2ccccc21)C(=O)Nc1cccc(C(=O)NC2CC2)c1. The summed E-state index contributed by atoms with van der Waals surface area (Å²) in [5, 5.41) is 5.62. The van der Waals surface area contributed by atoms with Crippen LogP contribution < -0.4 is 15.4 Å². The van der Waals surface area contributed by atoms with Crippen molar-refractivity contribution in [3.05, 3.63) is 59.7 Å². The first kappa shape index (κ1) is 19.1. The third-order valence-electron chi connectivity index (χ3n) is 4.67. The van der Waals surface area contributed by atoms with Crippen LogP contribution in [0.15, 0.2) is 58.4 Å². The highest BCUT2D eigenvalue weighted by atomic mass is 32.2. The zero-order valence-corrected chi connectivity index (χ0v) is 16.5. The molecule has 1 aliphatic heterocycles. The number of carbonyl (C=O) groups excluding carboxylic acids is 2. The average Bonchev–Trinajstić information content (AvgIpc) is 3.47. The lowest BCUT2D eigenvalue weighted by Gasteiger charge is -2.11. The van der Waals surface area contributed by atoms with Crippen molar-refractivity contribution >= 4 is 33.4 Å². The number of amidine groups is 1. The first-order chi connectivity index (χ1) is 13.8. The van der Waals surface area contributed by atoms with Crippen LogP contribution in [0, 0.1) is 0 Å². The van der Waals surface area contributed by atoms with E-state index in [1.54, 1.807) is 49.4 Å². The maximum atomic E-state index is 12.5. The maximum Gasteiger partial charge on any atom is 0.263 e. The number of carbonyl (C=O) groups is 2. The molecule has 0 aromatic heterocycles. The van der Waals surface area contributed by atoms with E-state index in [1.807, 2.05) is 0 Å². The largest absolute Gasteiger partial charge is 0.349 e. The second kappa shape index (κ2) is 7.32. The monoisotopic (exact) mass is 412 g/mol. The Labute approximate surface area is 168 Å². The second-order valence-electron chi connectivity index (χ2n) is 7.07. The van der Waals surface area contributed by atoms with Crippen LogP contribution >= 0.6 is 0 Å². The fourth-order valence-corrected chi connectivity index (χ4v) is 4.20. The van der Waals surface area contributed by atoms with E-state index in [4.69, 9.17) is 0 Å². The van der Waals surface area contributed by atoms with Gasteiger partial charge in [-0.15, -0.1) is 0 Å². The summed E-state index contributed by atoms with van der Waals surface area (Å²) in [4.78, 5) is 29.1. The zero-order valence-electron chi connectivity index (χ0n) is 15.7. The van der Waals surface area contributed by atoms with Gasteiger partial charge in [-0.2, -0.15) is 0 Å². The number of anilines is 1. The Bertz CT molecular complexity index is 1120. The van der Waals surface area contributed by atoms with E-state index >= 15 is 0 Å². The van der Waals surface area contributed by atoms with Gasteiger partial charge in [0.2, 0.25) is 5.91 Å². The summed E-state index contributed by atoms with van der Waals surface area (Å²) < 4.78 is 26.7. The lowest BCUT2D eigenvalue weighted by molar-refractivity contribution is -0.117. The predicted molar refractivity (Wildman–Crippen MR) is 108 cm³/mol. The lowest BCUT2D eigenvalue weighted by Crippen LogP contribution is -2.29. The van der Waals surface area contributed by atoms with Gasteiger partial charge in [0.25, 0.3) is 15.9 Å². The zero-order chi connectivity index (χ0) is 20.6. The van der Waals surface area contributed by atoms with Gasteiger partial charge in [-0.3, -0.25) is 19.3 Å². The van der Waals surface area contributed by atoms with E-state index in [0.29, 0.717) is 16.8 Å². The summed E-state index contributed by atoms with van der Waals surface area (Å²) in [7, 11) is -3.66. The smallest absolute Gasteiger partial charge is 0.263 e. The highest BCUT2D eigenvalue weighted by molar-refractivity contribution is 7.90. The molecule has 0 spiro atoms. The molecular formula is C20H20N4O4S. The molecule has 1 heterocycles. The minimum absolute atomic E-state index is 0.140. The number of amides is 2. The number of nitrogens with zero attached hydrogens (tertiary/aromatic N) is 1. The third-order valence-corrected chi connectivity index (χ3v) is 6.07. The van der Waals surface area contributed by atoms with Crippen molar-refractivity contribution in [2.45, 2.75) is 36.7 Å². The molecule has 1 aliphatic carbocycles. The first-order valence-electron chi connectivity index (χ1n) is 9.25. The number of aliphatic imine (C=N–C) groups is 1. The Morgan fingerprint density at radius 3 is 2.66 bits per heavy atom. The van der Waals surface area contributed by atoms with Gasteiger partial charge in [0.05, 0.1) is 4.90 Å². The molecule has 0 saturated heterocycles. The van der Waals surface area contributed by atoms with Gasteiger partial charge in [-0.1, -0.05) is 18.2 Å². The highest BCUT2D eigenvalue weighted by Crippen LogP contribution is 2.23. The van der Waals surface area contributed by atoms with Crippen molar-refractivity contribution in [2.24, 2.45) is 4.99 Å². The lowest BCUT2D eigenvalue weighted by atomic mass is 10.1. The Hall–Kier alpha value is -3.20. The Balaban J connectivity index is 1.48. The van der Waals surface area contributed by atoms with Crippen LogP contribution in [0.3, 0.4) is 0 Å². The predicted octanol–water partition coefficient (Wildman–Crippen LogP) is 1.64. The minimum Gasteiger partial charge on any atom is -0.349 e. The number of fused-ring (bicyclic) bond motifs is 1. The summed E-state index contributed by atoms with van der Waals surface area (Å²) in [5.74, 6) is -0.449. The van der Waals surface area contributed by atoms with E-state index in [0.717, 1.165) is 12.8 Å². The Kier molecular flexibility index (Phi) is 4.83. The van der Waals surface area contributed by atoms with Crippen LogP contribution in [0.4, 0.5) is 5.69 Å². The van der Waals surface area contributed by atoms with Gasteiger partial charge in [0.1, 0.15) is 11.9 Å². The molecule has 29 heavy (non-hydrogen) atoms. The molecule has 150 valence electrons. The molecule has 9 heteroatoms. The summed E-state index contributed by atoms with van der Waals surface area (Å²) in [5.41, 5.74) is 1.37. The van der Waals surface area contributed by atoms with Crippen LogP contribution in [-0.4, -0.2) is 38.2 Å². The Morgan fingerprint density at radius 1 is 1.14 bits per heavy atom. The molecule has 1 saturated carbocycles. The molecular weight excluding hydrogens is 392 g/mol. The van der Waals surface area contributed by atoms with Crippen LogP contribution in [0.2, 0.25) is 0 Å². The number of sulfonamides is 1. The molecule has 3 N–H and O–H groups in total. The number of rotatable bonds is 5. The van der Waals surface area contributed by atoms with Crippen molar-refractivity contribution in [3.63, 3.8) is 0 Å². The minimum atomic E-state index is -3.66. The molecule has 2 aromatic rings. The fourth-order valence-electron chi connectivity index (χ4n) is 2.96. The number of nitrogens with one attached hydrogen (secondary N) is 3. The fraction of sp³-hybridized carbons (Fsp3) is 0.250. The molecule has 2 aliphatic rings. The van der Waals surface area contributed by atoms with E-state index in [-0.39, 0.29) is 22.7 Å². The molecule has 0 bridgehead atoms. The molecule has 1 atom stereocenters. The summed E-state index contributed by atoms with van der Waals surface area (Å²) in [6.45, 7) is 1.57. The van der Waals surface area contributed by atoms with Gasteiger partial charge >= 0.3 is 0 Å². The summed E-state index contributed by atoms with van der Waals surface area (Å²) in [6.07, 6.45) is 1.99.